The van der Waals surface area contributed by atoms with E-state index >= 15 is 0 Å². The zero-order chi connectivity index (χ0) is 36.0. The van der Waals surface area contributed by atoms with Crippen molar-refractivity contribution in [3.8, 4) is 0 Å². The molecule has 0 saturated heterocycles. The lowest BCUT2D eigenvalue weighted by molar-refractivity contribution is -0.148. The molecule has 0 fully saturated rings. The van der Waals surface area contributed by atoms with Crippen molar-refractivity contribution in [3.63, 3.8) is 0 Å². The highest BCUT2D eigenvalue weighted by molar-refractivity contribution is 5.75. The van der Waals surface area contributed by atoms with Gasteiger partial charge in [0.05, 0.1) is 26.4 Å². The Bertz CT molecular complexity index is 705. The van der Waals surface area contributed by atoms with Crippen LogP contribution in [0, 0.1) is 5.92 Å². The predicted molar refractivity (Wildman–Crippen MR) is 206 cm³/mol. The van der Waals surface area contributed by atoms with Gasteiger partial charge in [-0.2, -0.15) is 0 Å². The first-order chi connectivity index (χ1) is 24.0. The number of unbranched alkanes of at least 4 members (excludes halogenated alkanes) is 19. The molecule has 0 saturated carbocycles. The van der Waals surface area contributed by atoms with E-state index in [1.54, 1.807) is 0 Å². The molecule has 0 heterocycles. The molecule has 292 valence electrons. The highest BCUT2D eigenvalue weighted by Gasteiger charge is 2.22. The van der Waals surface area contributed by atoms with Crippen molar-refractivity contribution in [3.05, 3.63) is 0 Å². The first-order valence-corrected chi connectivity index (χ1v) is 21.3. The molecule has 3 atom stereocenters. The van der Waals surface area contributed by atoms with E-state index in [0.717, 1.165) is 63.7 Å². The smallest absolute Gasteiger partial charge is 0.323 e. The van der Waals surface area contributed by atoms with Crippen LogP contribution in [0.4, 0.5) is 0 Å². The lowest BCUT2D eigenvalue weighted by Gasteiger charge is -2.22. The number of esters is 2. The minimum absolute atomic E-state index is 0.0495. The number of aliphatic hydroxyl groups excluding tert-OH is 1. The van der Waals surface area contributed by atoms with Crippen LogP contribution in [0.15, 0.2) is 0 Å². The normalized spacial score (nSPS) is 13.3. The van der Waals surface area contributed by atoms with E-state index in [2.05, 4.69) is 26.1 Å². The Morgan fingerprint density at radius 1 is 0.531 bits per heavy atom. The van der Waals surface area contributed by atoms with Crippen molar-refractivity contribution in [2.45, 2.75) is 226 Å². The average Bonchev–Trinajstić information content (AvgIpc) is 3.10. The van der Waals surface area contributed by atoms with Gasteiger partial charge in [-0.15, -0.1) is 0 Å². The Morgan fingerprint density at radius 3 is 1.55 bits per heavy atom. The summed E-state index contributed by atoms with van der Waals surface area (Å²) in [5, 5.41) is 12.3. The molecule has 0 rings (SSSR count). The van der Waals surface area contributed by atoms with Crippen molar-refractivity contribution < 1.29 is 28.9 Å². The maximum absolute atomic E-state index is 12.9. The van der Waals surface area contributed by atoms with Crippen LogP contribution in [0.5, 0.6) is 0 Å². The van der Waals surface area contributed by atoms with Gasteiger partial charge in [0.25, 0.3) is 0 Å². The first kappa shape index (κ1) is 47.8. The van der Waals surface area contributed by atoms with Crippen molar-refractivity contribution >= 4 is 11.9 Å². The molecule has 0 aliphatic rings. The van der Waals surface area contributed by atoms with Gasteiger partial charge in [-0.3, -0.25) is 14.9 Å². The van der Waals surface area contributed by atoms with Crippen LogP contribution < -0.4 is 5.32 Å². The second kappa shape index (κ2) is 38.1. The Kier molecular flexibility index (Phi) is 37.1. The van der Waals surface area contributed by atoms with Gasteiger partial charge in [0.1, 0.15) is 12.3 Å². The molecule has 49 heavy (non-hydrogen) atoms. The number of nitrogens with one attached hydrogen (secondary N) is 1. The maximum atomic E-state index is 12.9. The van der Waals surface area contributed by atoms with Gasteiger partial charge < -0.3 is 19.3 Å². The van der Waals surface area contributed by atoms with Gasteiger partial charge in [-0.25, -0.2) is 0 Å². The van der Waals surface area contributed by atoms with Gasteiger partial charge in [0.15, 0.2) is 0 Å². The van der Waals surface area contributed by atoms with Gasteiger partial charge in [0.2, 0.25) is 0 Å². The van der Waals surface area contributed by atoms with Crippen molar-refractivity contribution in [1.82, 2.24) is 5.32 Å². The van der Waals surface area contributed by atoms with E-state index in [4.69, 9.17) is 19.3 Å². The molecule has 2 N–H and O–H groups in total. The van der Waals surface area contributed by atoms with Crippen LogP contribution in [0.25, 0.3) is 0 Å². The topological polar surface area (TPSA) is 94.1 Å². The number of ether oxygens (including phenoxy) is 3. The van der Waals surface area contributed by atoms with Crippen molar-refractivity contribution in [2.75, 3.05) is 26.4 Å². The first-order valence-electron chi connectivity index (χ1n) is 21.3. The van der Waals surface area contributed by atoms with Gasteiger partial charge in [-0.05, 0) is 44.9 Å². The molecule has 0 spiro atoms. The lowest BCUT2D eigenvalue weighted by atomic mass is 9.90. The molecule has 0 aliphatic heterocycles. The molecular weight excluding hydrogens is 614 g/mol. The highest BCUT2D eigenvalue weighted by atomic mass is 16.5. The standard InChI is InChI=1S/C42H83NO6/c1-5-8-11-13-15-16-21-27-36-49-42(46)40(43-38(4)47-37-34-44)32-24-19-17-20-25-33-41(45)48-35-28-26-31-39(29-22-10-7-3)30-23-18-14-12-9-6-2/h38-40,43-44H,5-37H2,1-4H3. The fourth-order valence-electron chi connectivity index (χ4n) is 6.61. The number of rotatable bonds is 39. The van der Waals surface area contributed by atoms with Gasteiger partial charge in [0, 0.05) is 6.42 Å². The second-order valence-corrected chi connectivity index (χ2v) is 14.5. The molecule has 0 aromatic rings. The Balaban J connectivity index is 4.14. The summed E-state index contributed by atoms with van der Waals surface area (Å²) in [6, 6.07) is -0.417. The lowest BCUT2D eigenvalue weighted by Crippen LogP contribution is -2.44. The summed E-state index contributed by atoms with van der Waals surface area (Å²) in [6.45, 7) is 9.86. The maximum Gasteiger partial charge on any atom is 0.323 e. The summed E-state index contributed by atoms with van der Waals surface area (Å²) < 4.78 is 16.7. The van der Waals surface area contributed by atoms with E-state index in [1.807, 2.05) is 6.92 Å². The van der Waals surface area contributed by atoms with Gasteiger partial charge >= 0.3 is 11.9 Å². The average molecular weight is 698 g/mol. The summed E-state index contributed by atoms with van der Waals surface area (Å²) in [7, 11) is 0. The van der Waals surface area contributed by atoms with Crippen molar-refractivity contribution in [2.24, 2.45) is 5.92 Å². The summed E-state index contributed by atoms with van der Waals surface area (Å²) in [5.41, 5.74) is 0. The zero-order valence-corrected chi connectivity index (χ0v) is 33.1. The van der Waals surface area contributed by atoms with Crippen LogP contribution in [-0.2, 0) is 23.8 Å². The third-order valence-corrected chi connectivity index (χ3v) is 9.75. The highest BCUT2D eigenvalue weighted by Crippen LogP contribution is 2.24. The molecule has 0 aliphatic carbocycles. The number of carbonyl (C=O) groups excluding carboxylic acids is 2. The van der Waals surface area contributed by atoms with E-state index in [0.29, 0.717) is 26.1 Å². The molecule has 7 nitrogen and oxygen atoms in total. The Morgan fingerprint density at radius 2 is 0.959 bits per heavy atom. The molecule has 0 aromatic carbocycles. The molecule has 7 heteroatoms. The van der Waals surface area contributed by atoms with Crippen LogP contribution in [0.1, 0.15) is 214 Å². The number of hydrogen-bond acceptors (Lipinski definition) is 7. The fourth-order valence-corrected chi connectivity index (χ4v) is 6.61. The van der Waals surface area contributed by atoms with E-state index < -0.39 is 6.04 Å². The molecule has 0 amide bonds. The Hall–Kier alpha value is -1.18. The number of hydrogen-bond donors (Lipinski definition) is 2. The van der Waals surface area contributed by atoms with Crippen LogP contribution >= 0.6 is 0 Å². The summed E-state index contributed by atoms with van der Waals surface area (Å²) >= 11 is 0. The summed E-state index contributed by atoms with van der Waals surface area (Å²) in [4.78, 5) is 25.1. The summed E-state index contributed by atoms with van der Waals surface area (Å²) in [5.74, 6) is 0.565. The molecule has 0 radical (unpaired) electrons. The van der Waals surface area contributed by atoms with Crippen LogP contribution in [0.3, 0.4) is 0 Å². The third kappa shape index (κ3) is 33.7. The van der Waals surface area contributed by atoms with E-state index in [-0.39, 0.29) is 31.4 Å². The third-order valence-electron chi connectivity index (χ3n) is 9.75. The van der Waals surface area contributed by atoms with Gasteiger partial charge in [-0.1, -0.05) is 168 Å². The molecular formula is C42H83NO6. The molecule has 0 aromatic heterocycles. The SMILES string of the molecule is CCCCCCCCCCOC(=O)C(CCCCCCCC(=O)OCCCCC(CCCCC)CCCCCCCC)NC(C)OCCO. The number of aliphatic hydroxyl groups is 1. The van der Waals surface area contributed by atoms with Crippen molar-refractivity contribution in [1.29, 1.82) is 0 Å². The monoisotopic (exact) mass is 698 g/mol. The van der Waals surface area contributed by atoms with E-state index in [1.165, 1.54) is 116 Å². The van der Waals surface area contributed by atoms with E-state index in [9.17, 15) is 9.59 Å². The largest absolute Gasteiger partial charge is 0.466 e. The van der Waals surface area contributed by atoms with Crippen LogP contribution in [-0.4, -0.2) is 55.7 Å². The summed E-state index contributed by atoms with van der Waals surface area (Å²) in [6.07, 6.45) is 33.7. The second-order valence-electron chi connectivity index (χ2n) is 14.5. The molecule has 3 unspecified atom stereocenters. The predicted octanol–water partition coefficient (Wildman–Crippen LogP) is 11.4. The minimum atomic E-state index is -0.417. The zero-order valence-electron chi connectivity index (χ0n) is 33.1. The minimum Gasteiger partial charge on any atom is -0.466 e. The number of carbonyl (C=O) groups is 2. The Labute approximate surface area is 304 Å². The fraction of sp³-hybridized carbons (Fsp3) is 0.952. The molecule has 0 bridgehead atoms. The quantitative estimate of drug-likeness (QED) is 0.0375. The van der Waals surface area contributed by atoms with Crippen LogP contribution in [0.2, 0.25) is 0 Å².